The summed E-state index contributed by atoms with van der Waals surface area (Å²) in [5.74, 6) is 0. The molecule has 2 nitrogen and oxygen atoms in total. The SMILES string of the molecule is CCC([SiH3])(S)N=C=O. The Balaban J connectivity index is 3.90. The molecule has 0 rings (SSSR count). The fraction of sp³-hybridized carbons (Fsp3) is 0.750. The van der Waals surface area contributed by atoms with Gasteiger partial charge in [-0.15, -0.1) is 0 Å². The molecule has 0 spiro atoms. The number of hydrogen-bond acceptors (Lipinski definition) is 3. The summed E-state index contributed by atoms with van der Waals surface area (Å²) >= 11 is 4.10. The van der Waals surface area contributed by atoms with Gasteiger partial charge in [-0.25, -0.2) is 4.79 Å². The van der Waals surface area contributed by atoms with Crippen molar-refractivity contribution in [2.24, 2.45) is 4.99 Å². The number of hydrogen-bond donors (Lipinski definition) is 1. The van der Waals surface area contributed by atoms with E-state index in [1.54, 1.807) is 0 Å². The number of aliphatic imine (C=N–C) groups is 1. The van der Waals surface area contributed by atoms with Gasteiger partial charge in [-0.3, -0.25) is 0 Å². The second-order valence-electron chi connectivity index (χ2n) is 1.77. The van der Waals surface area contributed by atoms with Gasteiger partial charge < -0.3 is 0 Å². The molecular formula is C4H9NOSSi. The lowest BCUT2D eigenvalue weighted by molar-refractivity contribution is 0.560. The molecule has 1 atom stereocenters. The van der Waals surface area contributed by atoms with E-state index in [1.165, 1.54) is 6.08 Å². The van der Waals surface area contributed by atoms with Gasteiger partial charge in [0.05, 0.1) is 14.7 Å². The Morgan fingerprint density at radius 1 is 2.00 bits per heavy atom. The van der Waals surface area contributed by atoms with Gasteiger partial charge in [0.25, 0.3) is 0 Å². The van der Waals surface area contributed by atoms with Crippen molar-refractivity contribution in [1.29, 1.82) is 0 Å². The summed E-state index contributed by atoms with van der Waals surface area (Å²) in [7, 11) is 0.794. The van der Waals surface area contributed by atoms with Crippen LogP contribution in [-0.4, -0.2) is 20.8 Å². The zero-order valence-electron chi connectivity index (χ0n) is 5.01. The van der Waals surface area contributed by atoms with Crippen LogP contribution in [0.3, 0.4) is 0 Å². The molecule has 0 amide bonds. The van der Waals surface area contributed by atoms with Crippen molar-refractivity contribution in [2.45, 2.75) is 17.8 Å². The third kappa shape index (κ3) is 3.02. The van der Waals surface area contributed by atoms with Crippen molar-refractivity contribution in [1.82, 2.24) is 0 Å². The Hall–Kier alpha value is -0.0531. The van der Waals surface area contributed by atoms with Crippen molar-refractivity contribution < 1.29 is 4.79 Å². The van der Waals surface area contributed by atoms with E-state index in [0.29, 0.717) is 0 Å². The largest absolute Gasteiger partial charge is 0.236 e. The molecule has 0 bridgehead atoms. The highest BCUT2D eigenvalue weighted by Gasteiger charge is 2.12. The second kappa shape index (κ2) is 3.07. The normalized spacial score (nSPS) is 16.8. The van der Waals surface area contributed by atoms with Gasteiger partial charge >= 0.3 is 0 Å². The van der Waals surface area contributed by atoms with Crippen molar-refractivity contribution in [3.63, 3.8) is 0 Å². The lowest BCUT2D eigenvalue weighted by atomic mass is 10.5. The standard InChI is InChI=1S/C4H9NOSSi/c1-2-4(7,8)5-3-6/h7H,2H2,1,8H3. The van der Waals surface area contributed by atoms with E-state index in [0.717, 1.165) is 16.7 Å². The van der Waals surface area contributed by atoms with Gasteiger partial charge in [0, 0.05) is 0 Å². The number of isocyanates is 1. The highest BCUT2D eigenvalue weighted by atomic mass is 32.1. The fourth-order valence-electron chi connectivity index (χ4n) is 0.177. The zero-order valence-corrected chi connectivity index (χ0v) is 7.90. The van der Waals surface area contributed by atoms with E-state index < -0.39 is 0 Å². The highest BCUT2D eigenvalue weighted by molar-refractivity contribution is 7.83. The van der Waals surface area contributed by atoms with Crippen LogP contribution in [0.5, 0.6) is 0 Å². The highest BCUT2D eigenvalue weighted by Crippen LogP contribution is 2.13. The van der Waals surface area contributed by atoms with Crippen molar-refractivity contribution in [3.05, 3.63) is 0 Å². The minimum Gasteiger partial charge on any atom is -0.211 e. The number of rotatable bonds is 2. The molecule has 0 fully saturated rings. The van der Waals surface area contributed by atoms with E-state index in [9.17, 15) is 4.79 Å². The molecule has 46 valence electrons. The molecule has 0 saturated carbocycles. The Bertz CT molecular complexity index is 119. The van der Waals surface area contributed by atoms with Crippen LogP contribution in [0.4, 0.5) is 0 Å². The predicted octanol–water partition coefficient (Wildman–Crippen LogP) is -0.319. The summed E-state index contributed by atoms with van der Waals surface area (Å²) in [5.41, 5.74) is 0. The Kier molecular flexibility index (Phi) is 3.05. The monoisotopic (exact) mass is 147 g/mol. The molecule has 0 aliphatic rings. The third-order valence-corrected chi connectivity index (χ3v) is 2.30. The van der Waals surface area contributed by atoms with Crippen LogP contribution in [-0.2, 0) is 4.79 Å². The van der Waals surface area contributed by atoms with Crippen LogP contribution in [0.1, 0.15) is 13.3 Å². The molecule has 0 aromatic heterocycles. The lowest BCUT2D eigenvalue weighted by Gasteiger charge is -2.11. The maximum atomic E-state index is 9.66. The molecule has 0 aromatic carbocycles. The van der Waals surface area contributed by atoms with Gasteiger partial charge in [0.1, 0.15) is 0 Å². The molecule has 0 aliphatic heterocycles. The van der Waals surface area contributed by atoms with Gasteiger partial charge in [0.2, 0.25) is 6.08 Å². The lowest BCUT2D eigenvalue weighted by Crippen LogP contribution is -2.15. The fourth-order valence-corrected chi connectivity index (χ4v) is 0.309. The van der Waals surface area contributed by atoms with Crippen LogP contribution in [0.25, 0.3) is 0 Å². The molecule has 0 N–H and O–H groups in total. The van der Waals surface area contributed by atoms with Crippen LogP contribution in [0.2, 0.25) is 0 Å². The summed E-state index contributed by atoms with van der Waals surface area (Å²) in [6, 6.07) is 0. The molecule has 4 heteroatoms. The van der Waals surface area contributed by atoms with Crippen molar-refractivity contribution in [3.8, 4) is 0 Å². The van der Waals surface area contributed by atoms with Gasteiger partial charge in [-0.1, -0.05) is 6.92 Å². The summed E-state index contributed by atoms with van der Waals surface area (Å²) < 4.78 is -0.373. The Morgan fingerprint density at radius 3 is 2.62 bits per heavy atom. The summed E-state index contributed by atoms with van der Waals surface area (Å²) in [6.07, 6.45) is 2.30. The molecule has 0 heterocycles. The van der Waals surface area contributed by atoms with Crippen LogP contribution < -0.4 is 0 Å². The molecule has 8 heavy (non-hydrogen) atoms. The predicted molar refractivity (Wildman–Crippen MR) is 40.1 cm³/mol. The van der Waals surface area contributed by atoms with E-state index >= 15 is 0 Å². The molecule has 1 unspecified atom stereocenters. The summed E-state index contributed by atoms with van der Waals surface area (Å²) in [4.78, 5) is 13.2. The first kappa shape index (κ1) is 7.95. The van der Waals surface area contributed by atoms with Crippen molar-refractivity contribution >= 4 is 29.0 Å². The molecule has 0 aromatic rings. The first-order valence-electron chi connectivity index (χ1n) is 2.44. The van der Waals surface area contributed by atoms with E-state index in [-0.39, 0.29) is 4.49 Å². The third-order valence-electron chi connectivity index (χ3n) is 0.956. The number of thiol groups is 1. The zero-order chi connectivity index (χ0) is 6.62. The van der Waals surface area contributed by atoms with Crippen LogP contribution >= 0.6 is 12.6 Å². The molecule has 0 radical (unpaired) electrons. The number of nitrogens with zero attached hydrogens (tertiary/aromatic N) is 1. The molecule has 0 saturated heterocycles. The second-order valence-corrected chi connectivity index (χ2v) is 5.23. The maximum Gasteiger partial charge on any atom is 0.236 e. The summed E-state index contributed by atoms with van der Waals surface area (Å²) in [5, 5.41) is 0. The first-order chi connectivity index (χ1) is 3.62. The average Bonchev–Trinajstić information content (AvgIpc) is 1.67. The first-order valence-corrected chi connectivity index (χ1v) is 3.88. The van der Waals surface area contributed by atoms with E-state index in [4.69, 9.17) is 0 Å². The average molecular weight is 147 g/mol. The van der Waals surface area contributed by atoms with Gasteiger partial charge in [-0.05, 0) is 6.42 Å². The van der Waals surface area contributed by atoms with Crippen molar-refractivity contribution in [2.75, 3.05) is 0 Å². The smallest absolute Gasteiger partial charge is 0.211 e. The topological polar surface area (TPSA) is 29.4 Å². The van der Waals surface area contributed by atoms with Gasteiger partial charge in [0.15, 0.2) is 0 Å². The Labute approximate surface area is 57.2 Å². The molecule has 0 aliphatic carbocycles. The summed E-state index contributed by atoms with van der Waals surface area (Å²) in [6.45, 7) is 1.95. The quantitative estimate of drug-likeness (QED) is 0.247. The molecular weight excluding hydrogens is 138 g/mol. The van der Waals surface area contributed by atoms with Gasteiger partial charge in [-0.2, -0.15) is 17.6 Å². The van der Waals surface area contributed by atoms with E-state index in [1.807, 2.05) is 6.92 Å². The number of carbonyl (C=O) groups excluding carboxylic acids is 1. The minimum absolute atomic E-state index is 0.373. The van der Waals surface area contributed by atoms with Crippen LogP contribution in [0, 0.1) is 0 Å². The Morgan fingerprint density at radius 2 is 2.50 bits per heavy atom. The minimum atomic E-state index is -0.373. The maximum absolute atomic E-state index is 9.66. The van der Waals surface area contributed by atoms with Crippen LogP contribution in [0.15, 0.2) is 4.99 Å². The van der Waals surface area contributed by atoms with E-state index in [2.05, 4.69) is 17.6 Å².